The van der Waals surface area contributed by atoms with E-state index in [1.54, 1.807) is 24.3 Å². The molecule has 0 bridgehead atoms. The summed E-state index contributed by atoms with van der Waals surface area (Å²) in [5, 5.41) is 17.9. The summed E-state index contributed by atoms with van der Waals surface area (Å²) in [5.41, 5.74) is 0.449. The minimum absolute atomic E-state index is 0.449. The van der Waals surface area contributed by atoms with Gasteiger partial charge in [0.1, 0.15) is 11.5 Å². The van der Waals surface area contributed by atoms with Crippen LogP contribution in [0.3, 0.4) is 0 Å². The van der Waals surface area contributed by atoms with Gasteiger partial charge < -0.3 is 14.8 Å². The highest BCUT2D eigenvalue weighted by Gasteiger charge is 2.09. The summed E-state index contributed by atoms with van der Waals surface area (Å²) in [6.45, 7) is 3.97. The van der Waals surface area contributed by atoms with E-state index in [2.05, 4.69) is 0 Å². The van der Waals surface area contributed by atoms with Gasteiger partial charge in [-0.05, 0) is 43.1 Å². The van der Waals surface area contributed by atoms with Gasteiger partial charge in [0.15, 0.2) is 0 Å². The fourth-order valence-corrected chi connectivity index (χ4v) is 1.35. The van der Waals surface area contributed by atoms with Gasteiger partial charge in [0.25, 0.3) is 0 Å². The molecule has 0 saturated heterocycles. The smallest absolute Gasteiger partial charge is 0.458 e. The second-order valence-electron chi connectivity index (χ2n) is 3.56. The van der Waals surface area contributed by atoms with E-state index in [1.165, 1.54) is 0 Å². The third-order valence-corrected chi connectivity index (χ3v) is 2.15. The quantitative estimate of drug-likeness (QED) is 0.460. The average molecular weight is 232 g/mol. The van der Waals surface area contributed by atoms with Crippen LogP contribution in [0.15, 0.2) is 48.3 Å². The summed E-state index contributed by atoms with van der Waals surface area (Å²) < 4.78 is 5.64. The molecule has 0 radical (unpaired) electrons. The maximum absolute atomic E-state index is 8.96. The minimum atomic E-state index is -1.44. The molecule has 1 aromatic rings. The first-order valence-electron chi connectivity index (χ1n) is 5.64. The molecule has 4 heteroatoms. The van der Waals surface area contributed by atoms with Crippen molar-refractivity contribution in [3.05, 3.63) is 48.3 Å². The van der Waals surface area contributed by atoms with Gasteiger partial charge in [0.05, 0.1) is 0 Å². The fourth-order valence-electron chi connectivity index (χ4n) is 1.35. The van der Waals surface area contributed by atoms with E-state index in [-0.39, 0.29) is 0 Å². The van der Waals surface area contributed by atoms with Gasteiger partial charge in [0, 0.05) is 0 Å². The predicted octanol–water partition coefficient (Wildman–Crippen LogP) is 1.62. The van der Waals surface area contributed by atoms with Crippen molar-refractivity contribution < 1.29 is 14.8 Å². The van der Waals surface area contributed by atoms with Gasteiger partial charge >= 0.3 is 7.12 Å². The number of rotatable bonds is 5. The third kappa shape index (κ3) is 4.47. The second kappa shape index (κ2) is 6.94. The van der Waals surface area contributed by atoms with E-state index in [4.69, 9.17) is 14.8 Å². The molecule has 90 valence electrons. The van der Waals surface area contributed by atoms with Crippen molar-refractivity contribution in [1.82, 2.24) is 0 Å². The zero-order valence-electron chi connectivity index (χ0n) is 10.1. The largest absolute Gasteiger partial charge is 0.488 e. The Bertz CT molecular complexity index is 394. The van der Waals surface area contributed by atoms with E-state index in [0.717, 1.165) is 12.2 Å². The summed E-state index contributed by atoms with van der Waals surface area (Å²) >= 11 is 0. The van der Waals surface area contributed by atoms with Gasteiger partial charge in [0.2, 0.25) is 0 Å². The Hall–Kier alpha value is -1.52. The van der Waals surface area contributed by atoms with Gasteiger partial charge in [-0.15, -0.1) is 0 Å². The standard InChI is InChI=1S/C13H17BO3/c1-3-5-12(6-4-2)17-13-9-7-11(8-10-13)14(15)16/h3,5-10,15-16H,4H2,1-2H3/b5-3-,12-6+. The Morgan fingerprint density at radius 2 is 1.94 bits per heavy atom. The van der Waals surface area contributed by atoms with Gasteiger partial charge in [-0.3, -0.25) is 0 Å². The molecule has 0 aliphatic heterocycles. The molecular weight excluding hydrogens is 215 g/mol. The summed E-state index contributed by atoms with van der Waals surface area (Å²) in [4.78, 5) is 0. The number of ether oxygens (including phenoxy) is 1. The maximum Gasteiger partial charge on any atom is 0.488 e. The molecule has 3 nitrogen and oxygen atoms in total. The topological polar surface area (TPSA) is 49.7 Å². The van der Waals surface area contributed by atoms with Crippen LogP contribution in [-0.2, 0) is 0 Å². The van der Waals surface area contributed by atoms with Crippen molar-refractivity contribution in [1.29, 1.82) is 0 Å². The van der Waals surface area contributed by atoms with Crippen molar-refractivity contribution in [2.45, 2.75) is 20.3 Å². The van der Waals surface area contributed by atoms with Crippen molar-refractivity contribution in [2.24, 2.45) is 0 Å². The van der Waals surface area contributed by atoms with Crippen molar-refractivity contribution in [3.63, 3.8) is 0 Å². The lowest BCUT2D eigenvalue weighted by atomic mass is 9.80. The Morgan fingerprint density at radius 3 is 2.41 bits per heavy atom. The van der Waals surface area contributed by atoms with Crippen molar-refractivity contribution >= 4 is 12.6 Å². The lowest BCUT2D eigenvalue weighted by molar-refractivity contribution is 0.425. The lowest BCUT2D eigenvalue weighted by Crippen LogP contribution is -2.29. The monoisotopic (exact) mass is 232 g/mol. The van der Waals surface area contributed by atoms with Crippen LogP contribution in [0.1, 0.15) is 20.3 Å². The highest BCUT2D eigenvalue weighted by atomic mass is 16.5. The maximum atomic E-state index is 8.96. The van der Waals surface area contributed by atoms with Crippen LogP contribution in [0.25, 0.3) is 0 Å². The summed E-state index contributed by atoms with van der Waals surface area (Å²) in [6, 6.07) is 6.67. The first kappa shape index (κ1) is 13.5. The van der Waals surface area contributed by atoms with Gasteiger partial charge in [-0.2, -0.15) is 0 Å². The van der Waals surface area contributed by atoms with Crippen molar-refractivity contribution in [2.75, 3.05) is 0 Å². The average Bonchev–Trinajstić information content (AvgIpc) is 2.30. The van der Waals surface area contributed by atoms with E-state index in [9.17, 15) is 0 Å². The predicted molar refractivity (Wildman–Crippen MR) is 70.1 cm³/mol. The summed E-state index contributed by atoms with van der Waals surface area (Å²) in [6.07, 6.45) is 6.67. The normalized spacial score (nSPS) is 11.9. The fraction of sp³-hybridized carbons (Fsp3) is 0.231. The van der Waals surface area contributed by atoms with Crippen LogP contribution in [0.5, 0.6) is 5.75 Å². The Morgan fingerprint density at radius 1 is 1.29 bits per heavy atom. The zero-order chi connectivity index (χ0) is 12.7. The molecule has 0 unspecified atom stereocenters. The van der Waals surface area contributed by atoms with Crippen LogP contribution >= 0.6 is 0 Å². The lowest BCUT2D eigenvalue weighted by Gasteiger charge is -2.07. The van der Waals surface area contributed by atoms with E-state index in [0.29, 0.717) is 11.2 Å². The number of allylic oxidation sites excluding steroid dienone is 3. The number of benzene rings is 1. The Balaban J connectivity index is 2.77. The van der Waals surface area contributed by atoms with Crippen LogP contribution in [0, 0.1) is 0 Å². The molecule has 17 heavy (non-hydrogen) atoms. The van der Waals surface area contributed by atoms with E-state index >= 15 is 0 Å². The molecule has 0 atom stereocenters. The second-order valence-corrected chi connectivity index (χ2v) is 3.56. The minimum Gasteiger partial charge on any atom is -0.458 e. The molecule has 0 spiro atoms. The van der Waals surface area contributed by atoms with Crippen LogP contribution in [0.2, 0.25) is 0 Å². The molecular formula is C13H17BO3. The highest BCUT2D eigenvalue weighted by molar-refractivity contribution is 6.58. The first-order valence-corrected chi connectivity index (χ1v) is 5.64. The first-order chi connectivity index (χ1) is 8.17. The van der Waals surface area contributed by atoms with Gasteiger partial charge in [-0.25, -0.2) is 0 Å². The summed E-state index contributed by atoms with van der Waals surface area (Å²) in [5.74, 6) is 1.46. The highest BCUT2D eigenvalue weighted by Crippen LogP contribution is 2.13. The van der Waals surface area contributed by atoms with Crippen LogP contribution in [-0.4, -0.2) is 17.2 Å². The SMILES string of the molecule is C/C=C\C(=C/CC)Oc1ccc(B(O)O)cc1. The van der Waals surface area contributed by atoms with Crippen LogP contribution in [0.4, 0.5) is 0 Å². The Labute approximate surface area is 102 Å². The Kier molecular flexibility index (Phi) is 5.53. The van der Waals surface area contributed by atoms with Gasteiger partial charge in [-0.1, -0.05) is 25.1 Å². The van der Waals surface area contributed by atoms with E-state index in [1.807, 2.05) is 32.1 Å². The number of hydrogen-bond donors (Lipinski definition) is 2. The molecule has 0 aromatic heterocycles. The van der Waals surface area contributed by atoms with Crippen LogP contribution < -0.4 is 10.2 Å². The zero-order valence-corrected chi connectivity index (χ0v) is 10.1. The molecule has 2 N–H and O–H groups in total. The number of hydrogen-bond acceptors (Lipinski definition) is 3. The molecule has 1 rings (SSSR count). The molecule has 0 aliphatic carbocycles. The molecule has 0 heterocycles. The summed E-state index contributed by atoms with van der Waals surface area (Å²) in [7, 11) is -1.44. The molecule has 1 aromatic carbocycles. The van der Waals surface area contributed by atoms with Crippen molar-refractivity contribution in [3.8, 4) is 5.75 Å². The molecule has 0 fully saturated rings. The van der Waals surface area contributed by atoms with E-state index < -0.39 is 7.12 Å². The molecule has 0 saturated carbocycles. The molecule has 0 amide bonds. The molecule has 0 aliphatic rings. The third-order valence-electron chi connectivity index (χ3n) is 2.15.